The van der Waals surface area contributed by atoms with E-state index in [1.54, 1.807) is 0 Å². The maximum atomic E-state index is 11.4. The van der Waals surface area contributed by atoms with Crippen LogP contribution in [0.25, 0.3) is 0 Å². The molecule has 11 heteroatoms. The molecule has 1 saturated heterocycles. The van der Waals surface area contributed by atoms with E-state index in [9.17, 15) is 28.5 Å². The first-order chi connectivity index (χ1) is 9.15. The number of rotatable bonds is 5. The van der Waals surface area contributed by atoms with Gasteiger partial charge in [0.25, 0.3) is 10.1 Å². The minimum absolute atomic E-state index is 0.632. The van der Waals surface area contributed by atoms with Gasteiger partial charge in [-0.3, -0.25) is 8.98 Å². The van der Waals surface area contributed by atoms with Crippen LogP contribution in [0.3, 0.4) is 0 Å². The Balaban J connectivity index is 2.60. The van der Waals surface area contributed by atoms with Gasteiger partial charge in [0.15, 0.2) is 6.29 Å². The van der Waals surface area contributed by atoms with E-state index in [1.165, 1.54) is 0 Å². The minimum Gasteiger partial charge on any atom is -0.394 e. The number of carbonyl (C=O) groups excluding carboxylic acids is 1. The highest BCUT2D eigenvalue weighted by Gasteiger charge is 2.44. The van der Waals surface area contributed by atoms with Crippen LogP contribution < -0.4 is 5.32 Å². The van der Waals surface area contributed by atoms with E-state index in [2.05, 4.69) is 9.50 Å². The molecule has 0 radical (unpaired) electrons. The van der Waals surface area contributed by atoms with Gasteiger partial charge in [0, 0.05) is 0 Å². The lowest BCUT2D eigenvalue weighted by Crippen LogP contribution is -2.64. The van der Waals surface area contributed by atoms with Crippen molar-refractivity contribution < 1.29 is 42.6 Å². The summed E-state index contributed by atoms with van der Waals surface area (Å²) in [4.78, 5) is 11.4. The van der Waals surface area contributed by atoms with Crippen molar-refractivity contribution in [1.82, 2.24) is 5.32 Å². The van der Waals surface area contributed by atoms with Crippen molar-refractivity contribution in [2.75, 3.05) is 19.5 Å². The van der Waals surface area contributed by atoms with Gasteiger partial charge in [-0.1, -0.05) is 0 Å². The Kier molecular flexibility index (Phi) is 5.82. The van der Waals surface area contributed by atoms with Crippen molar-refractivity contribution in [2.24, 2.45) is 0 Å². The summed E-state index contributed by atoms with van der Waals surface area (Å²) in [5.74, 6) is -0.934. The molecule has 0 aromatic heterocycles. The van der Waals surface area contributed by atoms with Crippen LogP contribution in [-0.4, -0.2) is 84.9 Å². The fourth-order valence-corrected chi connectivity index (χ4v) is 1.96. The third-order valence-electron chi connectivity index (χ3n) is 2.63. The van der Waals surface area contributed by atoms with E-state index in [-0.39, 0.29) is 0 Å². The van der Waals surface area contributed by atoms with Gasteiger partial charge in [0.1, 0.15) is 31.0 Å². The second-order valence-corrected chi connectivity index (χ2v) is 5.93. The van der Waals surface area contributed by atoms with Crippen molar-refractivity contribution in [3.63, 3.8) is 0 Å². The van der Waals surface area contributed by atoms with Gasteiger partial charge < -0.3 is 30.5 Å². The van der Waals surface area contributed by atoms with E-state index in [1.807, 2.05) is 0 Å². The number of aliphatic hydroxyl groups excluding tert-OH is 4. The molecular formula is C9H17NO9S. The van der Waals surface area contributed by atoms with Crippen LogP contribution in [0.1, 0.15) is 0 Å². The van der Waals surface area contributed by atoms with E-state index in [0.717, 1.165) is 6.26 Å². The van der Waals surface area contributed by atoms with Crippen molar-refractivity contribution in [3.05, 3.63) is 0 Å². The number of hydrogen-bond donors (Lipinski definition) is 5. The first-order valence-electron chi connectivity index (χ1n) is 5.60. The number of ether oxygens (including phenoxy) is 1. The molecule has 5 N–H and O–H groups in total. The van der Waals surface area contributed by atoms with E-state index in [4.69, 9.17) is 9.84 Å². The summed E-state index contributed by atoms with van der Waals surface area (Å²) in [7, 11) is -3.81. The zero-order chi connectivity index (χ0) is 15.5. The van der Waals surface area contributed by atoms with Crippen LogP contribution in [0.4, 0.5) is 0 Å². The Bertz CT molecular complexity index is 439. The van der Waals surface area contributed by atoms with E-state index < -0.39 is 59.9 Å². The highest BCUT2D eigenvalue weighted by Crippen LogP contribution is 2.19. The summed E-state index contributed by atoms with van der Waals surface area (Å²) in [6.07, 6.45) is -5.24. The Hall–Kier alpha value is -0.820. The molecule has 118 valence electrons. The molecular weight excluding hydrogens is 298 g/mol. The molecule has 0 aromatic rings. The topological polar surface area (TPSA) is 163 Å². The van der Waals surface area contributed by atoms with Crippen LogP contribution in [-0.2, 0) is 23.8 Å². The normalized spacial score (nSPS) is 34.8. The van der Waals surface area contributed by atoms with Crippen molar-refractivity contribution in [1.29, 1.82) is 0 Å². The number of nitrogens with one attached hydrogen (secondary N) is 1. The summed E-state index contributed by atoms with van der Waals surface area (Å²) in [6.45, 7) is -1.47. The van der Waals surface area contributed by atoms with Crippen LogP contribution in [0.15, 0.2) is 0 Å². The number of amides is 1. The number of aliphatic hydroxyl groups is 4. The standard InChI is InChI=1S/C9H17NO9S/c1-20(16,17)18-3-5(12)10-6-8(14)7(13)4(2-11)19-9(6)15/h4,6-9,11,13-15H,2-3H2,1H3,(H,10,12)/t4?,6?,7-,8?,9?/m1/s1. The molecule has 5 atom stereocenters. The predicted molar refractivity (Wildman–Crippen MR) is 62.7 cm³/mol. The van der Waals surface area contributed by atoms with Crippen LogP contribution in [0, 0.1) is 0 Å². The molecule has 10 nitrogen and oxygen atoms in total. The van der Waals surface area contributed by atoms with Gasteiger partial charge in [0.05, 0.1) is 12.9 Å². The molecule has 1 heterocycles. The molecule has 20 heavy (non-hydrogen) atoms. The lowest BCUT2D eigenvalue weighted by Gasteiger charge is -2.40. The largest absolute Gasteiger partial charge is 0.394 e. The average Bonchev–Trinajstić information content (AvgIpc) is 2.35. The molecule has 4 unspecified atom stereocenters. The molecule has 1 amide bonds. The SMILES string of the molecule is CS(=O)(=O)OCC(=O)NC1C(O)OC(CO)[C@@H](O)C1O. The summed E-state index contributed by atoms with van der Waals surface area (Å²) in [5, 5.41) is 39.8. The molecule has 0 bridgehead atoms. The average molecular weight is 315 g/mol. The zero-order valence-corrected chi connectivity index (χ0v) is 11.4. The van der Waals surface area contributed by atoms with Gasteiger partial charge in [0.2, 0.25) is 5.91 Å². The Morgan fingerprint density at radius 2 is 1.90 bits per heavy atom. The molecule has 1 fully saturated rings. The van der Waals surface area contributed by atoms with Crippen LogP contribution >= 0.6 is 0 Å². The molecule has 0 aromatic carbocycles. The first-order valence-corrected chi connectivity index (χ1v) is 7.41. The molecule has 0 spiro atoms. The third kappa shape index (κ3) is 4.63. The zero-order valence-electron chi connectivity index (χ0n) is 10.5. The van der Waals surface area contributed by atoms with Crippen LogP contribution in [0.2, 0.25) is 0 Å². The molecule has 0 saturated carbocycles. The van der Waals surface area contributed by atoms with E-state index in [0.29, 0.717) is 0 Å². The Morgan fingerprint density at radius 1 is 1.30 bits per heavy atom. The molecule has 0 aliphatic carbocycles. The second kappa shape index (κ2) is 6.76. The highest BCUT2D eigenvalue weighted by atomic mass is 32.2. The van der Waals surface area contributed by atoms with Crippen molar-refractivity contribution in [2.45, 2.75) is 30.6 Å². The molecule has 1 aliphatic rings. The van der Waals surface area contributed by atoms with Crippen molar-refractivity contribution in [3.8, 4) is 0 Å². The van der Waals surface area contributed by atoms with Gasteiger partial charge in [-0.25, -0.2) is 0 Å². The summed E-state index contributed by atoms with van der Waals surface area (Å²) in [6, 6.07) is -1.39. The first kappa shape index (κ1) is 17.2. The van der Waals surface area contributed by atoms with E-state index >= 15 is 0 Å². The lowest BCUT2D eigenvalue weighted by atomic mass is 9.97. The lowest BCUT2D eigenvalue weighted by molar-refractivity contribution is -0.253. The summed E-state index contributed by atoms with van der Waals surface area (Å²) >= 11 is 0. The minimum atomic E-state index is -3.81. The van der Waals surface area contributed by atoms with Gasteiger partial charge in [-0.15, -0.1) is 0 Å². The maximum Gasteiger partial charge on any atom is 0.264 e. The third-order valence-corrected chi connectivity index (χ3v) is 3.18. The van der Waals surface area contributed by atoms with Gasteiger partial charge in [-0.05, 0) is 0 Å². The number of hydrogen-bond acceptors (Lipinski definition) is 9. The quantitative estimate of drug-likeness (QED) is 0.317. The van der Waals surface area contributed by atoms with Gasteiger partial charge >= 0.3 is 0 Å². The fourth-order valence-electron chi connectivity index (χ4n) is 1.64. The van der Waals surface area contributed by atoms with Crippen molar-refractivity contribution >= 4 is 16.0 Å². The Morgan fingerprint density at radius 3 is 2.40 bits per heavy atom. The monoisotopic (exact) mass is 315 g/mol. The fraction of sp³-hybridized carbons (Fsp3) is 0.889. The van der Waals surface area contributed by atoms with Gasteiger partial charge in [-0.2, -0.15) is 8.42 Å². The summed E-state index contributed by atoms with van der Waals surface area (Å²) in [5.41, 5.74) is 0. The maximum absolute atomic E-state index is 11.4. The van der Waals surface area contributed by atoms with Crippen LogP contribution in [0.5, 0.6) is 0 Å². The Labute approximate surface area is 115 Å². The summed E-state index contributed by atoms with van der Waals surface area (Å²) < 4.78 is 30.4. The smallest absolute Gasteiger partial charge is 0.264 e. The molecule has 1 rings (SSSR count). The predicted octanol–water partition coefficient (Wildman–Crippen LogP) is -4.12. The second-order valence-electron chi connectivity index (χ2n) is 4.29. The molecule has 1 aliphatic heterocycles. The number of carbonyl (C=O) groups is 1. The highest BCUT2D eigenvalue weighted by molar-refractivity contribution is 7.86.